The maximum absolute atomic E-state index is 12.1. The molecule has 0 spiro atoms. The van der Waals surface area contributed by atoms with Gasteiger partial charge < -0.3 is 14.2 Å². The Hall–Kier alpha value is -0.260. The highest BCUT2D eigenvalue weighted by Crippen LogP contribution is 2.44. The Morgan fingerprint density at radius 1 is 0.818 bits per heavy atom. The maximum atomic E-state index is 12.1. The Kier molecular flexibility index (Phi) is 19.8. The highest BCUT2D eigenvalue weighted by molar-refractivity contribution is 7.47. The molecule has 0 heterocycles. The van der Waals surface area contributed by atoms with Crippen LogP contribution in [0.15, 0.2) is 0 Å². The number of nitrogens with zero attached hydrogens (tertiary/aromatic N) is 1. The molecule has 0 radical (unpaired) electrons. The first-order chi connectivity index (χ1) is 15.6. The van der Waals surface area contributed by atoms with Gasteiger partial charge in [0.1, 0.15) is 18.9 Å². The van der Waals surface area contributed by atoms with E-state index in [1.807, 2.05) is 21.1 Å². The van der Waals surface area contributed by atoms with E-state index in [1.54, 1.807) is 6.92 Å². The number of ketones is 1. The molecule has 0 aliphatic carbocycles. The van der Waals surface area contributed by atoms with Gasteiger partial charge in [0.2, 0.25) is 0 Å². The summed E-state index contributed by atoms with van der Waals surface area (Å²) in [4.78, 5) is 21.5. The normalized spacial score (nSPS) is 14.8. The van der Waals surface area contributed by atoms with E-state index >= 15 is 0 Å². The smallest absolute Gasteiger partial charge is 0.329 e. The first kappa shape index (κ1) is 32.7. The molecule has 2 atom stereocenters. The highest BCUT2D eigenvalue weighted by atomic mass is 31.2. The van der Waals surface area contributed by atoms with Gasteiger partial charge in [-0.15, -0.1) is 0 Å². The standard InChI is InChI=1S/C26H54NO5P/c1-6-7-8-9-10-11-12-13-14-15-16-17-18-19-20-26(23-25(2)28)24-32-33(29,30)31-22-21-27(3,4)5/h26H,6-24H2,1-5H3/p+1. The fourth-order valence-corrected chi connectivity index (χ4v) is 4.73. The van der Waals surface area contributed by atoms with Crippen LogP contribution in [0.2, 0.25) is 0 Å². The molecule has 0 aromatic rings. The maximum Gasteiger partial charge on any atom is 0.472 e. The number of carbonyl (C=O) groups is 1. The van der Waals surface area contributed by atoms with Crippen LogP contribution >= 0.6 is 7.82 Å². The summed E-state index contributed by atoms with van der Waals surface area (Å²) < 4.78 is 23.0. The third-order valence-corrected chi connectivity index (χ3v) is 7.02. The Bertz CT molecular complexity index is 521. The second-order valence-electron chi connectivity index (χ2n) is 10.8. The van der Waals surface area contributed by atoms with Crippen LogP contribution in [0, 0.1) is 5.92 Å². The molecule has 0 amide bonds. The Morgan fingerprint density at radius 3 is 1.70 bits per heavy atom. The fourth-order valence-electron chi connectivity index (χ4n) is 3.95. The second-order valence-corrected chi connectivity index (χ2v) is 12.2. The first-order valence-corrected chi connectivity index (χ1v) is 15.0. The van der Waals surface area contributed by atoms with Crippen molar-refractivity contribution in [2.45, 2.75) is 117 Å². The minimum Gasteiger partial charge on any atom is -0.329 e. The van der Waals surface area contributed by atoms with Gasteiger partial charge in [-0.25, -0.2) is 4.57 Å². The zero-order valence-electron chi connectivity index (χ0n) is 22.5. The molecular formula is C26H55NO5P+. The molecule has 6 nitrogen and oxygen atoms in total. The van der Waals surface area contributed by atoms with Crippen molar-refractivity contribution in [3.8, 4) is 0 Å². The van der Waals surface area contributed by atoms with Crippen LogP contribution in [0.3, 0.4) is 0 Å². The van der Waals surface area contributed by atoms with Gasteiger partial charge in [-0.3, -0.25) is 9.05 Å². The van der Waals surface area contributed by atoms with Crippen molar-refractivity contribution in [1.82, 2.24) is 0 Å². The van der Waals surface area contributed by atoms with E-state index in [2.05, 4.69) is 6.92 Å². The number of hydrogen-bond acceptors (Lipinski definition) is 4. The van der Waals surface area contributed by atoms with E-state index in [-0.39, 0.29) is 24.9 Å². The Morgan fingerprint density at radius 2 is 1.27 bits per heavy atom. The van der Waals surface area contributed by atoms with E-state index < -0.39 is 7.82 Å². The van der Waals surface area contributed by atoms with Gasteiger partial charge >= 0.3 is 7.82 Å². The summed E-state index contributed by atoms with van der Waals surface area (Å²) in [5.41, 5.74) is 0. The number of rotatable bonds is 24. The summed E-state index contributed by atoms with van der Waals surface area (Å²) in [7, 11) is 1.91. The van der Waals surface area contributed by atoms with Crippen LogP contribution in [-0.4, -0.2) is 56.1 Å². The van der Waals surface area contributed by atoms with Gasteiger partial charge in [-0.2, -0.15) is 0 Å². The number of unbranched alkanes of at least 4 members (excludes halogenated alkanes) is 13. The van der Waals surface area contributed by atoms with Crippen LogP contribution in [0.1, 0.15) is 117 Å². The van der Waals surface area contributed by atoms with Crippen LogP contribution in [0.5, 0.6) is 0 Å². The molecular weight excluding hydrogens is 437 g/mol. The van der Waals surface area contributed by atoms with E-state index in [9.17, 15) is 14.3 Å². The Balaban J connectivity index is 3.85. The summed E-state index contributed by atoms with van der Waals surface area (Å²) in [6.45, 7) is 4.70. The van der Waals surface area contributed by atoms with Crippen molar-refractivity contribution in [1.29, 1.82) is 0 Å². The third kappa shape index (κ3) is 24.7. The van der Waals surface area contributed by atoms with Crippen molar-refractivity contribution in [2.24, 2.45) is 5.92 Å². The monoisotopic (exact) mass is 492 g/mol. The summed E-state index contributed by atoms with van der Waals surface area (Å²) in [6, 6.07) is 0. The van der Waals surface area contributed by atoms with Crippen molar-refractivity contribution >= 4 is 13.6 Å². The molecule has 0 aromatic carbocycles. The van der Waals surface area contributed by atoms with Crippen LogP contribution < -0.4 is 0 Å². The lowest BCUT2D eigenvalue weighted by Crippen LogP contribution is -2.37. The number of phosphoric ester groups is 1. The molecule has 2 unspecified atom stereocenters. The molecule has 0 rings (SSSR count). The van der Waals surface area contributed by atoms with E-state index in [4.69, 9.17) is 9.05 Å². The zero-order chi connectivity index (χ0) is 25.0. The first-order valence-electron chi connectivity index (χ1n) is 13.5. The zero-order valence-corrected chi connectivity index (χ0v) is 23.4. The molecule has 0 bridgehead atoms. The number of carbonyl (C=O) groups excluding carboxylic acids is 1. The topological polar surface area (TPSA) is 72.8 Å². The average molecular weight is 493 g/mol. The average Bonchev–Trinajstić information content (AvgIpc) is 2.70. The SMILES string of the molecule is CCCCCCCCCCCCCCCCC(COP(=O)(O)OCC[N+](C)(C)C)CC(C)=O. The molecule has 198 valence electrons. The largest absolute Gasteiger partial charge is 0.472 e. The van der Waals surface area contributed by atoms with Crippen molar-refractivity contribution in [3.63, 3.8) is 0 Å². The van der Waals surface area contributed by atoms with Gasteiger partial charge in [0.15, 0.2) is 0 Å². The number of quaternary nitrogens is 1. The van der Waals surface area contributed by atoms with Crippen molar-refractivity contribution < 1.29 is 27.8 Å². The molecule has 33 heavy (non-hydrogen) atoms. The lowest BCUT2D eigenvalue weighted by Gasteiger charge is -2.24. The lowest BCUT2D eigenvalue weighted by atomic mass is 9.96. The minimum absolute atomic E-state index is 0.0256. The van der Waals surface area contributed by atoms with Gasteiger partial charge in [-0.05, 0) is 19.3 Å². The van der Waals surface area contributed by atoms with Gasteiger partial charge in [0.05, 0.1) is 27.7 Å². The van der Waals surface area contributed by atoms with E-state index in [1.165, 1.54) is 77.0 Å². The number of likely N-dealkylation sites (N-methyl/N-ethyl adjacent to an activating group) is 1. The fraction of sp³-hybridized carbons (Fsp3) is 0.962. The molecule has 0 aliphatic heterocycles. The molecule has 0 aliphatic rings. The summed E-state index contributed by atoms with van der Waals surface area (Å²) in [5, 5.41) is 0. The summed E-state index contributed by atoms with van der Waals surface area (Å²) in [6.07, 6.45) is 19.6. The number of phosphoric acid groups is 1. The van der Waals surface area contributed by atoms with Crippen molar-refractivity contribution in [2.75, 3.05) is 40.9 Å². The van der Waals surface area contributed by atoms with Gasteiger partial charge in [-0.1, -0.05) is 96.8 Å². The van der Waals surface area contributed by atoms with Crippen LogP contribution in [0.4, 0.5) is 0 Å². The van der Waals surface area contributed by atoms with Gasteiger partial charge in [0.25, 0.3) is 0 Å². The second kappa shape index (κ2) is 20.0. The number of hydrogen-bond donors (Lipinski definition) is 1. The highest BCUT2D eigenvalue weighted by Gasteiger charge is 2.25. The molecule has 0 saturated carbocycles. The predicted octanol–water partition coefficient (Wildman–Crippen LogP) is 7.29. The van der Waals surface area contributed by atoms with Gasteiger partial charge in [0, 0.05) is 6.42 Å². The summed E-state index contributed by atoms with van der Waals surface area (Å²) >= 11 is 0. The predicted molar refractivity (Wildman–Crippen MR) is 138 cm³/mol. The van der Waals surface area contributed by atoms with E-state index in [0.29, 0.717) is 17.4 Å². The van der Waals surface area contributed by atoms with Crippen LogP contribution in [0.25, 0.3) is 0 Å². The molecule has 1 N–H and O–H groups in total. The third-order valence-electron chi connectivity index (χ3n) is 6.03. The Labute approximate surface area is 205 Å². The molecule has 0 saturated heterocycles. The quantitative estimate of drug-likeness (QED) is 0.0870. The molecule has 7 heteroatoms. The van der Waals surface area contributed by atoms with Crippen LogP contribution in [-0.2, 0) is 18.4 Å². The number of Topliss-reactive ketones (excluding diaryl/α,β-unsaturated/α-hetero) is 1. The summed E-state index contributed by atoms with van der Waals surface area (Å²) in [5.74, 6) is 0.0648. The minimum atomic E-state index is -4.07. The molecule has 0 aromatic heterocycles. The lowest BCUT2D eigenvalue weighted by molar-refractivity contribution is -0.870. The molecule has 0 fully saturated rings. The van der Waals surface area contributed by atoms with E-state index in [0.717, 1.165) is 19.3 Å². The van der Waals surface area contributed by atoms with Crippen molar-refractivity contribution in [3.05, 3.63) is 0 Å².